The largest absolute Gasteiger partial charge is 0.457 e. The van der Waals surface area contributed by atoms with Gasteiger partial charge in [0.15, 0.2) is 0 Å². The van der Waals surface area contributed by atoms with Crippen LogP contribution in [0.15, 0.2) is 54.6 Å². The van der Waals surface area contributed by atoms with Crippen LogP contribution in [-0.4, -0.2) is 15.7 Å². The molecule has 0 unspecified atom stereocenters. The fourth-order valence-corrected chi connectivity index (χ4v) is 2.72. The first kappa shape index (κ1) is 18.0. The van der Waals surface area contributed by atoms with Gasteiger partial charge in [-0.15, -0.1) is 0 Å². The molecule has 0 aliphatic rings. The molecule has 5 nitrogen and oxygen atoms in total. The van der Waals surface area contributed by atoms with Gasteiger partial charge < -0.3 is 10.1 Å². The minimum Gasteiger partial charge on any atom is -0.457 e. The summed E-state index contributed by atoms with van der Waals surface area (Å²) in [5.74, 6) is 1.33. The minimum absolute atomic E-state index is 0.126. The lowest BCUT2D eigenvalue weighted by molar-refractivity contribution is -0.122. The highest BCUT2D eigenvalue weighted by atomic mass is 35.5. The van der Waals surface area contributed by atoms with Crippen molar-refractivity contribution >= 4 is 17.5 Å². The highest BCUT2D eigenvalue weighted by Gasteiger charge is 2.12. The molecule has 0 aliphatic carbocycles. The average Bonchev–Trinajstić information content (AvgIpc) is 2.88. The Balaban J connectivity index is 1.64. The van der Waals surface area contributed by atoms with Crippen molar-refractivity contribution in [2.24, 2.45) is 0 Å². The molecule has 1 amide bonds. The fraction of sp³-hybridized carbons (Fsp3) is 0.200. The number of aryl methyl sites for hydroxylation is 1. The van der Waals surface area contributed by atoms with Crippen LogP contribution in [0.25, 0.3) is 0 Å². The number of para-hydroxylation sites is 2. The van der Waals surface area contributed by atoms with Gasteiger partial charge >= 0.3 is 0 Å². The Morgan fingerprint density at radius 2 is 1.81 bits per heavy atom. The van der Waals surface area contributed by atoms with Gasteiger partial charge in [0.25, 0.3) is 0 Å². The number of nitrogens with zero attached hydrogens (tertiary/aromatic N) is 2. The number of hydrogen-bond acceptors (Lipinski definition) is 3. The van der Waals surface area contributed by atoms with E-state index in [0.717, 1.165) is 22.7 Å². The molecular weight excluding hydrogens is 350 g/mol. The average molecular weight is 370 g/mol. The maximum Gasteiger partial charge on any atom is 0.242 e. The lowest BCUT2D eigenvalue weighted by atomic mass is 10.2. The van der Waals surface area contributed by atoms with Crippen LogP contribution < -0.4 is 10.1 Å². The third-order valence-electron chi connectivity index (χ3n) is 4.01. The van der Waals surface area contributed by atoms with Crippen molar-refractivity contribution in [1.82, 2.24) is 15.1 Å². The normalized spacial score (nSPS) is 10.6. The summed E-state index contributed by atoms with van der Waals surface area (Å²) in [7, 11) is 0. The van der Waals surface area contributed by atoms with Gasteiger partial charge in [-0.2, -0.15) is 5.10 Å². The number of halogens is 1. The quantitative estimate of drug-likeness (QED) is 0.706. The Bertz CT molecular complexity index is 907. The number of benzene rings is 2. The van der Waals surface area contributed by atoms with Crippen molar-refractivity contribution in [2.45, 2.75) is 26.9 Å². The second-order valence-electron chi connectivity index (χ2n) is 5.94. The Kier molecular flexibility index (Phi) is 5.58. The number of aromatic nitrogens is 2. The van der Waals surface area contributed by atoms with Crippen LogP contribution >= 0.6 is 11.6 Å². The molecule has 0 saturated carbocycles. The van der Waals surface area contributed by atoms with E-state index in [1.54, 1.807) is 4.68 Å². The third kappa shape index (κ3) is 4.24. The molecule has 1 heterocycles. The van der Waals surface area contributed by atoms with Crippen LogP contribution in [0.5, 0.6) is 11.5 Å². The first-order chi connectivity index (χ1) is 12.5. The predicted molar refractivity (Wildman–Crippen MR) is 102 cm³/mol. The number of rotatable bonds is 6. The van der Waals surface area contributed by atoms with Gasteiger partial charge in [-0.05, 0) is 32.0 Å². The Labute approximate surface area is 157 Å². The zero-order valence-electron chi connectivity index (χ0n) is 14.7. The fourth-order valence-electron chi connectivity index (χ4n) is 2.58. The highest BCUT2D eigenvalue weighted by Crippen LogP contribution is 2.25. The van der Waals surface area contributed by atoms with E-state index in [0.29, 0.717) is 17.3 Å². The summed E-state index contributed by atoms with van der Waals surface area (Å²) < 4.78 is 7.52. The van der Waals surface area contributed by atoms with E-state index in [9.17, 15) is 4.79 Å². The second-order valence-corrected chi connectivity index (χ2v) is 6.32. The number of carbonyl (C=O) groups is 1. The van der Waals surface area contributed by atoms with E-state index in [-0.39, 0.29) is 12.5 Å². The molecule has 1 aromatic heterocycles. The molecule has 6 heteroatoms. The van der Waals surface area contributed by atoms with Crippen LogP contribution in [0.1, 0.15) is 17.0 Å². The van der Waals surface area contributed by atoms with Crippen molar-refractivity contribution in [3.63, 3.8) is 0 Å². The van der Waals surface area contributed by atoms with E-state index in [4.69, 9.17) is 16.3 Å². The summed E-state index contributed by atoms with van der Waals surface area (Å²) in [4.78, 5) is 12.3. The van der Waals surface area contributed by atoms with Crippen molar-refractivity contribution in [2.75, 3.05) is 0 Å². The molecule has 2 aromatic carbocycles. The molecule has 0 bridgehead atoms. The van der Waals surface area contributed by atoms with E-state index in [2.05, 4.69) is 10.4 Å². The lowest BCUT2D eigenvalue weighted by Gasteiger charge is -2.12. The Morgan fingerprint density at radius 3 is 2.50 bits per heavy atom. The molecule has 0 saturated heterocycles. The smallest absolute Gasteiger partial charge is 0.242 e. The monoisotopic (exact) mass is 369 g/mol. The van der Waals surface area contributed by atoms with E-state index in [1.807, 2.05) is 68.4 Å². The van der Waals surface area contributed by atoms with E-state index < -0.39 is 0 Å². The summed E-state index contributed by atoms with van der Waals surface area (Å²) in [6.07, 6.45) is 0. The van der Waals surface area contributed by atoms with E-state index in [1.165, 1.54) is 0 Å². The van der Waals surface area contributed by atoms with Gasteiger partial charge in [-0.1, -0.05) is 48.0 Å². The zero-order chi connectivity index (χ0) is 18.5. The maximum atomic E-state index is 12.3. The molecule has 3 aromatic rings. The first-order valence-corrected chi connectivity index (χ1v) is 8.69. The Hall–Kier alpha value is -2.79. The SMILES string of the molecule is Cc1nn(CC(=O)NCc2ccccc2Oc2ccccc2)c(C)c1Cl. The molecule has 0 fully saturated rings. The first-order valence-electron chi connectivity index (χ1n) is 8.31. The summed E-state index contributed by atoms with van der Waals surface area (Å²) >= 11 is 6.12. The molecule has 0 spiro atoms. The summed E-state index contributed by atoms with van der Waals surface area (Å²) in [5.41, 5.74) is 2.40. The molecule has 0 aliphatic heterocycles. The van der Waals surface area contributed by atoms with Crippen LogP contribution in [0, 0.1) is 13.8 Å². The predicted octanol–water partition coefficient (Wildman–Crippen LogP) is 4.26. The summed E-state index contributed by atoms with van der Waals surface area (Å²) in [6.45, 7) is 4.16. The van der Waals surface area contributed by atoms with Gasteiger partial charge in [0, 0.05) is 12.1 Å². The molecule has 26 heavy (non-hydrogen) atoms. The molecule has 3 rings (SSSR count). The van der Waals surface area contributed by atoms with Crippen molar-refractivity contribution in [3.05, 3.63) is 76.6 Å². The van der Waals surface area contributed by atoms with Gasteiger partial charge in [0.05, 0.1) is 16.4 Å². The topological polar surface area (TPSA) is 56.2 Å². The molecule has 0 atom stereocenters. The number of nitrogens with one attached hydrogen (secondary N) is 1. The van der Waals surface area contributed by atoms with Crippen molar-refractivity contribution < 1.29 is 9.53 Å². The maximum absolute atomic E-state index is 12.3. The minimum atomic E-state index is -0.137. The molecule has 1 N–H and O–H groups in total. The number of carbonyl (C=O) groups excluding carboxylic acids is 1. The number of hydrogen-bond donors (Lipinski definition) is 1. The number of ether oxygens (including phenoxy) is 1. The standard InChI is InChI=1S/C20H20ClN3O2/c1-14-20(21)15(2)24(23-14)13-19(25)22-12-16-8-6-7-11-18(16)26-17-9-4-3-5-10-17/h3-11H,12-13H2,1-2H3,(H,22,25). The summed E-state index contributed by atoms with van der Waals surface area (Å²) in [5, 5.41) is 7.78. The van der Waals surface area contributed by atoms with Gasteiger partial charge in [-0.3, -0.25) is 9.48 Å². The highest BCUT2D eigenvalue weighted by molar-refractivity contribution is 6.31. The van der Waals surface area contributed by atoms with Crippen molar-refractivity contribution in [1.29, 1.82) is 0 Å². The van der Waals surface area contributed by atoms with Crippen LogP contribution in [-0.2, 0) is 17.9 Å². The second kappa shape index (κ2) is 8.06. The summed E-state index contributed by atoms with van der Waals surface area (Å²) in [6, 6.07) is 17.2. The molecule has 0 radical (unpaired) electrons. The molecule has 134 valence electrons. The van der Waals surface area contributed by atoms with E-state index >= 15 is 0 Å². The van der Waals surface area contributed by atoms with Crippen LogP contribution in [0.4, 0.5) is 0 Å². The van der Waals surface area contributed by atoms with Gasteiger partial charge in [0.1, 0.15) is 18.0 Å². The molecular formula is C20H20ClN3O2. The Morgan fingerprint density at radius 1 is 1.12 bits per heavy atom. The van der Waals surface area contributed by atoms with Gasteiger partial charge in [-0.25, -0.2) is 0 Å². The number of amides is 1. The van der Waals surface area contributed by atoms with Crippen LogP contribution in [0.2, 0.25) is 5.02 Å². The lowest BCUT2D eigenvalue weighted by Crippen LogP contribution is -2.28. The third-order valence-corrected chi connectivity index (χ3v) is 4.55. The van der Waals surface area contributed by atoms with Crippen LogP contribution in [0.3, 0.4) is 0 Å². The zero-order valence-corrected chi connectivity index (χ0v) is 15.5. The van der Waals surface area contributed by atoms with Crippen molar-refractivity contribution in [3.8, 4) is 11.5 Å². The van der Waals surface area contributed by atoms with Gasteiger partial charge in [0.2, 0.25) is 5.91 Å².